The molecule has 0 radical (unpaired) electrons. The van der Waals surface area contributed by atoms with Crippen molar-refractivity contribution in [1.82, 2.24) is 4.98 Å². The van der Waals surface area contributed by atoms with Crippen LogP contribution in [-0.2, 0) is 0 Å². The number of pyridine rings is 1. The van der Waals surface area contributed by atoms with Gasteiger partial charge in [-0.15, -0.1) is 0 Å². The number of hydrogen-bond donors (Lipinski definition) is 2. The maximum atomic E-state index is 13.4. The number of aromatic nitrogens is 1. The van der Waals surface area contributed by atoms with Gasteiger partial charge in [-0.25, -0.2) is 9.37 Å². The highest BCUT2D eigenvalue weighted by Crippen LogP contribution is 2.19. The molecule has 0 bridgehead atoms. The van der Waals surface area contributed by atoms with Crippen molar-refractivity contribution in [1.29, 1.82) is 5.26 Å². The molecule has 100 valence electrons. The summed E-state index contributed by atoms with van der Waals surface area (Å²) in [6.45, 7) is 1.70. The van der Waals surface area contributed by atoms with E-state index in [4.69, 9.17) is 11.0 Å². The Morgan fingerprint density at radius 3 is 2.85 bits per heavy atom. The molecule has 0 unspecified atom stereocenters. The number of carbonyl (C=O) groups excluding carboxylic acids is 1. The number of benzene rings is 1. The molecule has 0 saturated carbocycles. The molecule has 0 aliphatic rings. The van der Waals surface area contributed by atoms with Crippen LogP contribution in [0.3, 0.4) is 0 Å². The van der Waals surface area contributed by atoms with Gasteiger partial charge in [0.2, 0.25) is 0 Å². The van der Waals surface area contributed by atoms with Gasteiger partial charge in [0.1, 0.15) is 23.3 Å². The molecule has 0 spiro atoms. The van der Waals surface area contributed by atoms with E-state index in [-0.39, 0.29) is 17.1 Å². The van der Waals surface area contributed by atoms with Gasteiger partial charge in [-0.3, -0.25) is 4.79 Å². The van der Waals surface area contributed by atoms with Gasteiger partial charge in [0, 0.05) is 11.3 Å². The summed E-state index contributed by atoms with van der Waals surface area (Å²) < 4.78 is 13.4. The predicted octanol–water partition coefficient (Wildman–Crippen LogP) is 2.24. The lowest BCUT2D eigenvalue weighted by atomic mass is 10.1. The second-order valence-electron chi connectivity index (χ2n) is 4.15. The maximum Gasteiger partial charge on any atom is 0.255 e. The van der Waals surface area contributed by atoms with Crippen molar-refractivity contribution >= 4 is 17.4 Å². The number of nitrogens with one attached hydrogen (secondary N) is 1. The molecule has 20 heavy (non-hydrogen) atoms. The van der Waals surface area contributed by atoms with Gasteiger partial charge in [0.15, 0.2) is 0 Å². The van der Waals surface area contributed by atoms with Gasteiger partial charge >= 0.3 is 0 Å². The van der Waals surface area contributed by atoms with E-state index < -0.39 is 11.7 Å². The van der Waals surface area contributed by atoms with Crippen molar-refractivity contribution in [2.24, 2.45) is 0 Å². The molecule has 0 atom stereocenters. The van der Waals surface area contributed by atoms with Gasteiger partial charge in [-0.1, -0.05) is 6.07 Å². The summed E-state index contributed by atoms with van der Waals surface area (Å²) in [6, 6.07) is 8.71. The fourth-order valence-corrected chi connectivity index (χ4v) is 1.76. The molecule has 1 heterocycles. The van der Waals surface area contributed by atoms with Gasteiger partial charge in [-0.2, -0.15) is 5.26 Å². The lowest BCUT2D eigenvalue weighted by molar-refractivity contribution is 0.102. The fourth-order valence-electron chi connectivity index (χ4n) is 1.76. The minimum Gasteiger partial charge on any atom is -0.384 e. The standard InChI is InChI=1S/C14H11FN4O/c1-8-5-9(6-13(17)18-8)14(20)19-12-4-2-3-11(15)10(12)7-16/h2-6H,1H3,(H2,17,18)(H,19,20). The third-order valence-corrected chi connectivity index (χ3v) is 2.61. The number of carbonyl (C=O) groups is 1. The minimum atomic E-state index is -0.685. The lowest BCUT2D eigenvalue weighted by Crippen LogP contribution is -2.14. The highest BCUT2D eigenvalue weighted by Gasteiger charge is 2.13. The zero-order valence-corrected chi connectivity index (χ0v) is 10.6. The number of nitrogen functional groups attached to an aromatic ring is 1. The summed E-state index contributed by atoms with van der Waals surface area (Å²) in [5.41, 5.74) is 6.36. The van der Waals surface area contributed by atoms with Crippen molar-refractivity contribution in [2.75, 3.05) is 11.1 Å². The zero-order chi connectivity index (χ0) is 14.7. The molecule has 0 saturated heterocycles. The topological polar surface area (TPSA) is 91.8 Å². The number of aryl methyl sites for hydroxylation is 1. The van der Waals surface area contributed by atoms with Crippen LogP contribution in [0.1, 0.15) is 21.6 Å². The smallest absolute Gasteiger partial charge is 0.255 e. The maximum absolute atomic E-state index is 13.4. The van der Waals surface area contributed by atoms with Crippen molar-refractivity contribution < 1.29 is 9.18 Å². The van der Waals surface area contributed by atoms with Crippen LogP contribution in [0.2, 0.25) is 0 Å². The first-order valence-electron chi connectivity index (χ1n) is 5.75. The van der Waals surface area contributed by atoms with Gasteiger partial charge < -0.3 is 11.1 Å². The molecule has 6 heteroatoms. The lowest BCUT2D eigenvalue weighted by Gasteiger charge is -2.08. The van der Waals surface area contributed by atoms with Crippen LogP contribution in [0.5, 0.6) is 0 Å². The number of anilines is 2. The van der Waals surface area contributed by atoms with Crippen LogP contribution in [0.4, 0.5) is 15.9 Å². The number of nitrogens with zero attached hydrogens (tertiary/aromatic N) is 2. The average molecular weight is 270 g/mol. The Labute approximate surface area is 114 Å². The molecular weight excluding hydrogens is 259 g/mol. The molecule has 1 aromatic heterocycles. The average Bonchev–Trinajstić information content (AvgIpc) is 2.37. The highest BCUT2D eigenvalue weighted by molar-refractivity contribution is 6.05. The van der Waals surface area contributed by atoms with E-state index in [0.29, 0.717) is 11.3 Å². The number of amides is 1. The SMILES string of the molecule is Cc1cc(C(=O)Nc2cccc(F)c2C#N)cc(N)n1. The molecular formula is C14H11FN4O. The predicted molar refractivity (Wildman–Crippen MR) is 72.5 cm³/mol. The largest absolute Gasteiger partial charge is 0.384 e. The first kappa shape index (κ1) is 13.5. The summed E-state index contributed by atoms with van der Waals surface area (Å²) in [5.74, 6) is -0.949. The van der Waals surface area contributed by atoms with Crippen molar-refractivity contribution in [2.45, 2.75) is 6.92 Å². The van der Waals surface area contributed by atoms with E-state index in [9.17, 15) is 9.18 Å². The summed E-state index contributed by atoms with van der Waals surface area (Å²) in [6.07, 6.45) is 0. The Kier molecular flexibility index (Phi) is 3.62. The second-order valence-corrected chi connectivity index (χ2v) is 4.15. The Bertz CT molecular complexity index is 701. The van der Waals surface area contributed by atoms with Gasteiger partial charge in [-0.05, 0) is 31.2 Å². The molecule has 0 fully saturated rings. The summed E-state index contributed by atoms with van der Waals surface area (Å²) in [5, 5.41) is 11.4. The highest BCUT2D eigenvalue weighted by atomic mass is 19.1. The van der Waals surface area contributed by atoms with Crippen molar-refractivity contribution in [3.63, 3.8) is 0 Å². The first-order chi connectivity index (χ1) is 9.51. The quantitative estimate of drug-likeness (QED) is 0.875. The van der Waals surface area contributed by atoms with Crippen molar-refractivity contribution in [3.8, 4) is 6.07 Å². The molecule has 3 N–H and O–H groups in total. The van der Waals surface area contributed by atoms with Crippen LogP contribution in [-0.4, -0.2) is 10.9 Å². The van der Waals surface area contributed by atoms with Crippen LogP contribution < -0.4 is 11.1 Å². The van der Waals surface area contributed by atoms with E-state index in [1.807, 2.05) is 0 Å². The van der Waals surface area contributed by atoms with Gasteiger partial charge in [0.25, 0.3) is 5.91 Å². The summed E-state index contributed by atoms with van der Waals surface area (Å²) in [4.78, 5) is 16.0. The van der Waals surface area contributed by atoms with Gasteiger partial charge in [0.05, 0.1) is 5.69 Å². The summed E-state index contributed by atoms with van der Waals surface area (Å²) in [7, 11) is 0. The fraction of sp³-hybridized carbons (Fsp3) is 0.0714. The number of nitriles is 1. The number of hydrogen-bond acceptors (Lipinski definition) is 4. The number of nitrogens with two attached hydrogens (primary N) is 1. The summed E-state index contributed by atoms with van der Waals surface area (Å²) >= 11 is 0. The molecule has 5 nitrogen and oxygen atoms in total. The molecule has 0 aliphatic carbocycles. The Hall–Kier alpha value is -2.94. The minimum absolute atomic E-state index is 0.116. The van der Waals surface area contributed by atoms with E-state index in [0.717, 1.165) is 6.07 Å². The second kappa shape index (κ2) is 5.36. The van der Waals surface area contributed by atoms with Crippen LogP contribution in [0.15, 0.2) is 30.3 Å². The number of halogens is 1. The zero-order valence-electron chi connectivity index (χ0n) is 10.6. The van der Waals surface area contributed by atoms with Crippen LogP contribution >= 0.6 is 0 Å². The first-order valence-corrected chi connectivity index (χ1v) is 5.75. The van der Waals surface area contributed by atoms with Crippen LogP contribution in [0, 0.1) is 24.1 Å². The van der Waals surface area contributed by atoms with E-state index in [1.54, 1.807) is 19.1 Å². The van der Waals surface area contributed by atoms with E-state index >= 15 is 0 Å². The third kappa shape index (κ3) is 2.72. The Morgan fingerprint density at radius 1 is 1.45 bits per heavy atom. The van der Waals surface area contributed by atoms with Crippen LogP contribution in [0.25, 0.3) is 0 Å². The van der Waals surface area contributed by atoms with E-state index in [1.165, 1.54) is 18.2 Å². The molecule has 1 amide bonds. The third-order valence-electron chi connectivity index (χ3n) is 2.61. The van der Waals surface area contributed by atoms with E-state index in [2.05, 4.69) is 10.3 Å². The Balaban J connectivity index is 2.33. The molecule has 0 aliphatic heterocycles. The van der Waals surface area contributed by atoms with Crippen molar-refractivity contribution in [3.05, 3.63) is 53.0 Å². The normalized spacial score (nSPS) is 9.85. The number of rotatable bonds is 2. The molecule has 1 aromatic carbocycles. The Morgan fingerprint density at radius 2 is 2.20 bits per heavy atom. The molecule has 2 aromatic rings. The monoisotopic (exact) mass is 270 g/mol. The molecule has 2 rings (SSSR count).